The Bertz CT molecular complexity index is 430. The van der Waals surface area contributed by atoms with Gasteiger partial charge in [-0.3, -0.25) is 0 Å². The molecule has 0 spiro atoms. The summed E-state index contributed by atoms with van der Waals surface area (Å²) in [6.45, 7) is 4.16. The second-order valence-electron chi connectivity index (χ2n) is 4.08. The van der Waals surface area contributed by atoms with Crippen LogP contribution in [-0.2, 0) is 6.42 Å². The van der Waals surface area contributed by atoms with E-state index in [0.29, 0.717) is 12.5 Å². The van der Waals surface area contributed by atoms with Gasteiger partial charge in [0.05, 0.1) is 12.4 Å². The molecule has 0 unspecified atom stereocenters. The van der Waals surface area contributed by atoms with E-state index in [4.69, 9.17) is 5.73 Å². The summed E-state index contributed by atoms with van der Waals surface area (Å²) in [7, 11) is 0. The van der Waals surface area contributed by atoms with Crippen molar-refractivity contribution in [2.45, 2.75) is 32.4 Å². The number of rotatable bonds is 4. The summed E-state index contributed by atoms with van der Waals surface area (Å²) in [5, 5.41) is 7.97. The molecule has 3 N–H and O–H groups in total. The lowest BCUT2D eigenvalue weighted by Crippen LogP contribution is -2.20. The Kier molecular flexibility index (Phi) is 3.00. The highest BCUT2D eigenvalue weighted by Crippen LogP contribution is 2.15. The highest BCUT2D eigenvalue weighted by atomic mass is 15.3. The summed E-state index contributed by atoms with van der Waals surface area (Å²) in [4.78, 5) is 6.99. The molecule has 0 aliphatic heterocycles. The van der Waals surface area contributed by atoms with Crippen molar-refractivity contribution in [3.05, 3.63) is 30.4 Å². The van der Waals surface area contributed by atoms with Crippen LogP contribution < -0.4 is 5.73 Å². The molecule has 2 aromatic rings. The lowest BCUT2D eigenvalue weighted by Gasteiger charge is -2.14. The number of hydrogen-bond acceptors (Lipinski definition) is 4. The smallest absolute Gasteiger partial charge is 0.150 e. The van der Waals surface area contributed by atoms with Crippen molar-refractivity contribution < 1.29 is 0 Å². The third-order valence-electron chi connectivity index (χ3n) is 2.48. The van der Waals surface area contributed by atoms with Gasteiger partial charge in [-0.05, 0) is 13.8 Å². The summed E-state index contributed by atoms with van der Waals surface area (Å²) in [5.41, 5.74) is 7.10. The summed E-state index contributed by atoms with van der Waals surface area (Å²) in [6.07, 6.45) is 5.82. The second kappa shape index (κ2) is 4.44. The van der Waals surface area contributed by atoms with E-state index in [1.54, 1.807) is 18.9 Å². The molecule has 16 heavy (non-hydrogen) atoms. The van der Waals surface area contributed by atoms with E-state index in [2.05, 4.69) is 34.0 Å². The van der Waals surface area contributed by atoms with Gasteiger partial charge in [0, 0.05) is 24.4 Å². The monoisotopic (exact) mass is 220 g/mol. The zero-order valence-electron chi connectivity index (χ0n) is 9.46. The molecule has 2 aromatic heterocycles. The predicted molar refractivity (Wildman–Crippen MR) is 59.6 cm³/mol. The SMILES string of the molecule is CC(C)n1cnnc1[C@@H](N)Cc1cnc[nH]1. The predicted octanol–water partition coefficient (Wildman–Crippen LogP) is 0.825. The molecule has 1 atom stereocenters. The number of H-pyrrole nitrogens is 1. The molecular formula is C10H16N6. The largest absolute Gasteiger partial charge is 0.348 e. The van der Waals surface area contributed by atoms with Crippen LogP contribution in [0.3, 0.4) is 0 Å². The molecule has 0 saturated carbocycles. The van der Waals surface area contributed by atoms with Gasteiger partial charge < -0.3 is 15.3 Å². The van der Waals surface area contributed by atoms with Gasteiger partial charge in [-0.25, -0.2) is 4.98 Å². The second-order valence-corrected chi connectivity index (χ2v) is 4.08. The minimum Gasteiger partial charge on any atom is -0.348 e. The number of nitrogens with one attached hydrogen (secondary N) is 1. The number of imidazole rings is 1. The zero-order chi connectivity index (χ0) is 11.5. The van der Waals surface area contributed by atoms with Crippen molar-refractivity contribution in [2.24, 2.45) is 5.73 Å². The first-order valence-corrected chi connectivity index (χ1v) is 5.30. The highest BCUT2D eigenvalue weighted by Gasteiger charge is 2.16. The van der Waals surface area contributed by atoms with Crippen LogP contribution in [0.25, 0.3) is 0 Å². The van der Waals surface area contributed by atoms with Crippen LogP contribution in [0.5, 0.6) is 0 Å². The third-order valence-corrected chi connectivity index (χ3v) is 2.48. The van der Waals surface area contributed by atoms with Gasteiger partial charge in [0.25, 0.3) is 0 Å². The fourth-order valence-electron chi connectivity index (χ4n) is 1.64. The van der Waals surface area contributed by atoms with E-state index in [-0.39, 0.29) is 6.04 Å². The first-order valence-electron chi connectivity index (χ1n) is 5.30. The van der Waals surface area contributed by atoms with Crippen LogP contribution in [0, 0.1) is 0 Å². The minimum absolute atomic E-state index is 0.162. The molecular weight excluding hydrogens is 204 g/mol. The van der Waals surface area contributed by atoms with Crippen LogP contribution >= 0.6 is 0 Å². The van der Waals surface area contributed by atoms with Gasteiger partial charge in [-0.15, -0.1) is 10.2 Å². The topological polar surface area (TPSA) is 85.4 Å². The number of nitrogens with two attached hydrogens (primary N) is 1. The summed E-state index contributed by atoms with van der Waals surface area (Å²) in [5.74, 6) is 0.810. The molecule has 0 aromatic carbocycles. The van der Waals surface area contributed by atoms with Crippen molar-refractivity contribution in [1.29, 1.82) is 0 Å². The number of hydrogen-bond donors (Lipinski definition) is 2. The summed E-state index contributed by atoms with van der Waals surface area (Å²) in [6, 6.07) is 0.156. The standard InChI is InChI=1S/C10H16N6/c1-7(2)16-6-14-15-10(16)9(11)3-8-4-12-5-13-8/h4-7,9H,3,11H2,1-2H3,(H,12,13)/t9-/m0/s1. The molecule has 0 amide bonds. The third kappa shape index (κ3) is 2.11. The van der Waals surface area contributed by atoms with Crippen LogP contribution in [0.15, 0.2) is 18.9 Å². The molecule has 2 rings (SSSR count). The van der Waals surface area contributed by atoms with Crippen molar-refractivity contribution >= 4 is 0 Å². The maximum Gasteiger partial charge on any atom is 0.150 e. The first-order chi connectivity index (χ1) is 7.68. The maximum atomic E-state index is 6.10. The van der Waals surface area contributed by atoms with Gasteiger partial charge in [0.15, 0.2) is 0 Å². The molecule has 86 valence electrons. The zero-order valence-corrected chi connectivity index (χ0v) is 9.46. The van der Waals surface area contributed by atoms with Crippen molar-refractivity contribution in [2.75, 3.05) is 0 Å². The Hall–Kier alpha value is -1.69. The Morgan fingerprint density at radius 3 is 2.94 bits per heavy atom. The van der Waals surface area contributed by atoms with E-state index in [1.165, 1.54) is 0 Å². The number of aromatic nitrogens is 5. The molecule has 0 aliphatic rings. The molecule has 0 saturated heterocycles. The van der Waals surface area contributed by atoms with Crippen LogP contribution in [0.4, 0.5) is 0 Å². The van der Waals surface area contributed by atoms with E-state index < -0.39 is 0 Å². The highest BCUT2D eigenvalue weighted by molar-refractivity contribution is 5.04. The summed E-state index contributed by atoms with van der Waals surface area (Å²) >= 11 is 0. The maximum absolute atomic E-state index is 6.10. The van der Waals surface area contributed by atoms with Crippen molar-refractivity contribution in [3.8, 4) is 0 Å². The van der Waals surface area contributed by atoms with Gasteiger partial charge in [-0.2, -0.15) is 0 Å². The fraction of sp³-hybridized carbons (Fsp3) is 0.500. The molecule has 0 radical (unpaired) electrons. The van der Waals surface area contributed by atoms with E-state index in [0.717, 1.165) is 11.5 Å². The molecule has 6 heteroatoms. The van der Waals surface area contributed by atoms with Crippen molar-refractivity contribution in [3.63, 3.8) is 0 Å². The lowest BCUT2D eigenvalue weighted by atomic mass is 10.1. The average molecular weight is 220 g/mol. The van der Waals surface area contributed by atoms with Gasteiger partial charge in [0.2, 0.25) is 0 Å². The van der Waals surface area contributed by atoms with Gasteiger partial charge >= 0.3 is 0 Å². The fourth-order valence-corrected chi connectivity index (χ4v) is 1.64. The Balaban J connectivity index is 2.14. The molecule has 0 fully saturated rings. The van der Waals surface area contributed by atoms with Crippen molar-refractivity contribution in [1.82, 2.24) is 24.7 Å². The normalized spacial score (nSPS) is 13.2. The Morgan fingerprint density at radius 2 is 2.31 bits per heavy atom. The lowest BCUT2D eigenvalue weighted by molar-refractivity contribution is 0.526. The van der Waals surface area contributed by atoms with E-state index in [9.17, 15) is 0 Å². The molecule has 0 bridgehead atoms. The van der Waals surface area contributed by atoms with Crippen LogP contribution in [0.2, 0.25) is 0 Å². The first kappa shape index (κ1) is 10.8. The molecule has 6 nitrogen and oxygen atoms in total. The Morgan fingerprint density at radius 1 is 1.50 bits per heavy atom. The minimum atomic E-state index is -0.162. The van der Waals surface area contributed by atoms with Gasteiger partial charge in [0.1, 0.15) is 12.2 Å². The molecule has 0 aliphatic carbocycles. The van der Waals surface area contributed by atoms with Gasteiger partial charge in [-0.1, -0.05) is 0 Å². The van der Waals surface area contributed by atoms with E-state index >= 15 is 0 Å². The number of aromatic amines is 1. The summed E-state index contributed by atoms with van der Waals surface area (Å²) < 4.78 is 1.99. The average Bonchev–Trinajstić information content (AvgIpc) is 2.86. The quantitative estimate of drug-likeness (QED) is 0.799. The Labute approximate surface area is 93.9 Å². The van der Waals surface area contributed by atoms with Crippen LogP contribution in [0.1, 0.15) is 37.4 Å². The van der Waals surface area contributed by atoms with Crippen LogP contribution in [-0.4, -0.2) is 24.7 Å². The molecule has 2 heterocycles. The number of nitrogens with zero attached hydrogens (tertiary/aromatic N) is 4. The van der Waals surface area contributed by atoms with E-state index in [1.807, 2.05) is 4.57 Å².